The maximum absolute atomic E-state index is 12.8. The van der Waals surface area contributed by atoms with Crippen LogP contribution < -0.4 is 5.32 Å². The Labute approximate surface area is 155 Å². The van der Waals surface area contributed by atoms with Gasteiger partial charge in [-0.1, -0.05) is 6.07 Å². The standard InChI is InChI=1S/C19H19N5O3/c1-12-14(19(26)24-7-9-27-10-8-24)3-2-4-15(12)20-18(25)13-5-6-16-17(11-13)22-23-21-16/h2-6,11H,7-10H2,1H3,(H,20,25)(H,21,22,23). The van der Waals surface area contributed by atoms with E-state index in [-0.39, 0.29) is 11.8 Å². The number of nitrogens with one attached hydrogen (secondary N) is 2. The number of morpholine rings is 1. The Bertz CT molecular complexity index is 1010. The molecule has 1 fully saturated rings. The largest absolute Gasteiger partial charge is 0.378 e. The molecule has 8 heteroatoms. The van der Waals surface area contributed by atoms with Gasteiger partial charge in [0.15, 0.2) is 0 Å². The number of fused-ring (bicyclic) bond motifs is 1. The van der Waals surface area contributed by atoms with Crippen molar-refractivity contribution in [1.29, 1.82) is 0 Å². The van der Waals surface area contributed by atoms with E-state index in [9.17, 15) is 9.59 Å². The van der Waals surface area contributed by atoms with Gasteiger partial charge in [0.1, 0.15) is 11.0 Å². The van der Waals surface area contributed by atoms with Gasteiger partial charge in [-0.05, 0) is 42.8 Å². The molecule has 27 heavy (non-hydrogen) atoms. The fraction of sp³-hybridized carbons (Fsp3) is 0.263. The molecule has 0 saturated carbocycles. The predicted molar refractivity (Wildman–Crippen MR) is 99.7 cm³/mol. The molecular weight excluding hydrogens is 346 g/mol. The summed E-state index contributed by atoms with van der Waals surface area (Å²) in [6, 6.07) is 10.4. The Balaban J connectivity index is 1.56. The Kier molecular flexibility index (Phi) is 4.55. The summed E-state index contributed by atoms with van der Waals surface area (Å²) in [6.45, 7) is 4.08. The number of amides is 2. The first-order chi connectivity index (χ1) is 13.1. The van der Waals surface area contributed by atoms with Crippen LogP contribution in [0.25, 0.3) is 11.0 Å². The van der Waals surface area contributed by atoms with Crippen LogP contribution in [0.3, 0.4) is 0 Å². The highest BCUT2D eigenvalue weighted by Crippen LogP contribution is 2.22. The third-order valence-electron chi connectivity index (χ3n) is 4.69. The number of aromatic amines is 1. The van der Waals surface area contributed by atoms with Gasteiger partial charge in [-0.3, -0.25) is 9.59 Å². The number of anilines is 1. The summed E-state index contributed by atoms with van der Waals surface area (Å²) < 4.78 is 5.30. The zero-order valence-electron chi connectivity index (χ0n) is 14.9. The van der Waals surface area contributed by atoms with Gasteiger partial charge in [-0.2, -0.15) is 15.4 Å². The number of hydrogen-bond acceptors (Lipinski definition) is 5. The highest BCUT2D eigenvalue weighted by Gasteiger charge is 2.21. The summed E-state index contributed by atoms with van der Waals surface area (Å²) >= 11 is 0. The van der Waals surface area contributed by atoms with Crippen molar-refractivity contribution < 1.29 is 14.3 Å². The normalized spacial score (nSPS) is 14.3. The van der Waals surface area contributed by atoms with Gasteiger partial charge in [0.05, 0.1) is 13.2 Å². The van der Waals surface area contributed by atoms with Crippen LogP contribution >= 0.6 is 0 Å². The van der Waals surface area contributed by atoms with Crippen molar-refractivity contribution in [2.45, 2.75) is 6.92 Å². The third-order valence-corrected chi connectivity index (χ3v) is 4.69. The van der Waals surface area contributed by atoms with Crippen LogP contribution in [0, 0.1) is 6.92 Å². The van der Waals surface area contributed by atoms with E-state index in [0.717, 1.165) is 5.56 Å². The smallest absolute Gasteiger partial charge is 0.255 e. The number of rotatable bonds is 3. The molecule has 4 rings (SSSR count). The summed E-state index contributed by atoms with van der Waals surface area (Å²) in [7, 11) is 0. The molecule has 0 aliphatic carbocycles. The zero-order valence-corrected chi connectivity index (χ0v) is 14.9. The SMILES string of the molecule is Cc1c(NC(=O)c2ccc3n[nH]nc3c2)cccc1C(=O)N1CCOCC1. The maximum Gasteiger partial charge on any atom is 0.255 e. The molecule has 0 bridgehead atoms. The van der Waals surface area contributed by atoms with Gasteiger partial charge in [0.2, 0.25) is 0 Å². The molecule has 1 aromatic heterocycles. The Morgan fingerprint density at radius 2 is 1.89 bits per heavy atom. The van der Waals surface area contributed by atoms with Crippen molar-refractivity contribution in [1.82, 2.24) is 20.3 Å². The lowest BCUT2D eigenvalue weighted by Crippen LogP contribution is -2.41. The van der Waals surface area contributed by atoms with Crippen molar-refractivity contribution in [3.05, 3.63) is 53.1 Å². The molecule has 0 radical (unpaired) electrons. The molecule has 2 heterocycles. The second kappa shape index (κ2) is 7.16. The maximum atomic E-state index is 12.8. The van der Waals surface area contributed by atoms with Crippen LogP contribution in [0.5, 0.6) is 0 Å². The van der Waals surface area contributed by atoms with E-state index in [1.54, 1.807) is 41.3 Å². The number of ether oxygens (including phenoxy) is 1. The molecule has 0 unspecified atom stereocenters. The van der Waals surface area contributed by atoms with E-state index < -0.39 is 0 Å². The monoisotopic (exact) mass is 365 g/mol. The van der Waals surface area contributed by atoms with Crippen LogP contribution in [-0.2, 0) is 4.74 Å². The van der Waals surface area contributed by atoms with Crippen molar-refractivity contribution in [2.75, 3.05) is 31.6 Å². The van der Waals surface area contributed by atoms with E-state index in [1.165, 1.54) is 0 Å². The lowest BCUT2D eigenvalue weighted by molar-refractivity contribution is 0.0302. The Morgan fingerprint density at radius 1 is 1.11 bits per heavy atom. The molecule has 1 saturated heterocycles. The molecule has 0 spiro atoms. The summed E-state index contributed by atoms with van der Waals surface area (Å²) in [5, 5.41) is 13.4. The molecule has 8 nitrogen and oxygen atoms in total. The summed E-state index contributed by atoms with van der Waals surface area (Å²) in [6.07, 6.45) is 0. The minimum atomic E-state index is -0.265. The minimum Gasteiger partial charge on any atom is -0.378 e. The van der Waals surface area contributed by atoms with E-state index in [4.69, 9.17) is 4.74 Å². The second-order valence-electron chi connectivity index (χ2n) is 6.36. The quantitative estimate of drug-likeness (QED) is 0.739. The molecule has 3 aromatic rings. The molecule has 138 valence electrons. The first-order valence-corrected chi connectivity index (χ1v) is 8.72. The van der Waals surface area contributed by atoms with Crippen LogP contribution in [0.4, 0.5) is 5.69 Å². The van der Waals surface area contributed by atoms with Gasteiger partial charge < -0.3 is 15.0 Å². The van der Waals surface area contributed by atoms with Gasteiger partial charge in [-0.15, -0.1) is 0 Å². The molecule has 1 aliphatic rings. The molecule has 2 N–H and O–H groups in total. The van der Waals surface area contributed by atoms with Crippen molar-refractivity contribution >= 4 is 28.5 Å². The Morgan fingerprint density at radius 3 is 2.70 bits per heavy atom. The average molecular weight is 365 g/mol. The van der Waals surface area contributed by atoms with Crippen LogP contribution in [0.15, 0.2) is 36.4 Å². The van der Waals surface area contributed by atoms with Crippen LogP contribution in [0.1, 0.15) is 26.3 Å². The molecule has 2 aromatic carbocycles. The summed E-state index contributed by atoms with van der Waals surface area (Å²) in [5.74, 6) is -0.310. The number of hydrogen-bond donors (Lipinski definition) is 2. The first-order valence-electron chi connectivity index (χ1n) is 8.72. The number of carbonyl (C=O) groups excluding carboxylic acids is 2. The van der Waals surface area contributed by atoms with Crippen LogP contribution in [-0.4, -0.2) is 58.4 Å². The van der Waals surface area contributed by atoms with Crippen LogP contribution in [0.2, 0.25) is 0 Å². The zero-order chi connectivity index (χ0) is 18.8. The topological polar surface area (TPSA) is 100 Å². The summed E-state index contributed by atoms with van der Waals surface area (Å²) in [5.41, 5.74) is 3.73. The lowest BCUT2D eigenvalue weighted by atomic mass is 10.0. The fourth-order valence-electron chi connectivity index (χ4n) is 3.12. The molecule has 0 atom stereocenters. The van der Waals surface area contributed by atoms with Gasteiger partial charge in [0.25, 0.3) is 11.8 Å². The summed E-state index contributed by atoms with van der Waals surface area (Å²) in [4.78, 5) is 27.2. The lowest BCUT2D eigenvalue weighted by Gasteiger charge is -2.27. The number of carbonyl (C=O) groups is 2. The van der Waals surface area contributed by atoms with E-state index in [1.807, 2.05) is 6.92 Å². The number of benzene rings is 2. The van der Waals surface area contributed by atoms with E-state index >= 15 is 0 Å². The highest BCUT2D eigenvalue weighted by atomic mass is 16.5. The highest BCUT2D eigenvalue weighted by molar-refractivity contribution is 6.07. The number of aromatic nitrogens is 3. The number of nitrogens with zero attached hydrogens (tertiary/aromatic N) is 3. The Hall–Kier alpha value is -3.26. The van der Waals surface area contributed by atoms with Gasteiger partial charge >= 0.3 is 0 Å². The number of H-pyrrole nitrogens is 1. The average Bonchev–Trinajstić information content (AvgIpc) is 3.17. The molecule has 2 amide bonds. The van der Waals surface area contributed by atoms with Gasteiger partial charge in [0, 0.05) is 29.9 Å². The van der Waals surface area contributed by atoms with Crippen molar-refractivity contribution in [2.24, 2.45) is 0 Å². The molecular formula is C19H19N5O3. The first kappa shape index (κ1) is 17.2. The van der Waals surface area contributed by atoms with Crippen molar-refractivity contribution in [3.63, 3.8) is 0 Å². The van der Waals surface area contributed by atoms with Crippen molar-refractivity contribution in [3.8, 4) is 0 Å². The van der Waals surface area contributed by atoms with E-state index in [0.29, 0.717) is 54.2 Å². The minimum absolute atomic E-state index is 0.0454. The third kappa shape index (κ3) is 3.39. The van der Waals surface area contributed by atoms with E-state index in [2.05, 4.69) is 20.7 Å². The molecule has 1 aliphatic heterocycles. The van der Waals surface area contributed by atoms with Gasteiger partial charge in [-0.25, -0.2) is 0 Å². The fourth-order valence-corrected chi connectivity index (χ4v) is 3.12. The predicted octanol–water partition coefficient (Wildman–Crippen LogP) is 1.99. The second-order valence-corrected chi connectivity index (χ2v) is 6.36.